The summed E-state index contributed by atoms with van der Waals surface area (Å²) in [6, 6.07) is 14.2. The first-order valence-corrected chi connectivity index (χ1v) is 7.22. The van der Waals surface area contributed by atoms with Crippen molar-refractivity contribution in [3.8, 4) is 0 Å². The number of rotatable bonds is 5. The molecule has 1 heterocycles. The molecule has 2 rings (SSSR count). The lowest BCUT2D eigenvalue weighted by molar-refractivity contribution is -0.131. The van der Waals surface area contributed by atoms with Crippen LogP contribution in [0.15, 0.2) is 53.4 Å². The third-order valence-electron chi connectivity index (χ3n) is 2.20. The minimum atomic E-state index is -0.913. The van der Waals surface area contributed by atoms with Crippen LogP contribution < -0.4 is 0 Å². The fourth-order valence-electron chi connectivity index (χ4n) is 1.39. The van der Waals surface area contributed by atoms with Crippen LogP contribution in [0, 0.1) is 0 Å². The average molecular weight is 276 g/mol. The van der Waals surface area contributed by atoms with E-state index in [1.54, 1.807) is 29.2 Å². The summed E-state index contributed by atoms with van der Waals surface area (Å²) in [5.74, 6) is -0.00103. The lowest BCUT2D eigenvalue weighted by Gasteiger charge is -1.98. The standard InChI is InChI=1S/C14H12O2S2/c15-14(16)9-8-12-6-7-13(18-12)10-17-11-4-2-1-3-5-11/h1-9H,10H2,(H,15,16). The Balaban J connectivity index is 1.93. The van der Waals surface area contributed by atoms with Crippen LogP contribution in [-0.4, -0.2) is 11.1 Å². The summed E-state index contributed by atoms with van der Waals surface area (Å²) in [7, 11) is 0. The molecule has 0 aliphatic heterocycles. The Labute approximate surface area is 114 Å². The van der Waals surface area contributed by atoms with E-state index in [0.29, 0.717) is 0 Å². The number of benzene rings is 1. The predicted octanol–water partition coefficient (Wildman–Crippen LogP) is 4.14. The van der Waals surface area contributed by atoms with E-state index in [9.17, 15) is 4.79 Å². The zero-order chi connectivity index (χ0) is 12.8. The summed E-state index contributed by atoms with van der Waals surface area (Å²) < 4.78 is 0. The van der Waals surface area contributed by atoms with Gasteiger partial charge in [0.2, 0.25) is 0 Å². The molecule has 0 fully saturated rings. The van der Waals surface area contributed by atoms with Gasteiger partial charge in [0, 0.05) is 26.5 Å². The molecule has 0 bridgehead atoms. The Bertz CT molecular complexity index is 544. The van der Waals surface area contributed by atoms with Crippen molar-refractivity contribution in [2.75, 3.05) is 0 Å². The molecule has 1 aromatic heterocycles. The van der Waals surface area contributed by atoms with Crippen molar-refractivity contribution in [2.24, 2.45) is 0 Å². The second-order valence-corrected chi connectivity index (χ2v) is 5.83. The molecule has 0 amide bonds. The first-order chi connectivity index (χ1) is 8.74. The molecule has 1 N–H and O–H groups in total. The zero-order valence-electron chi connectivity index (χ0n) is 9.58. The molecule has 0 radical (unpaired) electrons. The van der Waals surface area contributed by atoms with Crippen molar-refractivity contribution in [3.63, 3.8) is 0 Å². The van der Waals surface area contributed by atoms with E-state index in [2.05, 4.69) is 12.1 Å². The summed E-state index contributed by atoms with van der Waals surface area (Å²) in [6.45, 7) is 0. The fraction of sp³-hybridized carbons (Fsp3) is 0.0714. The number of hydrogen-bond acceptors (Lipinski definition) is 3. The Morgan fingerprint density at radius 3 is 2.72 bits per heavy atom. The van der Waals surface area contributed by atoms with Crippen molar-refractivity contribution in [1.29, 1.82) is 0 Å². The van der Waals surface area contributed by atoms with Gasteiger partial charge in [-0.3, -0.25) is 0 Å². The van der Waals surface area contributed by atoms with E-state index in [1.165, 1.54) is 15.8 Å². The lowest BCUT2D eigenvalue weighted by atomic mass is 10.4. The molecule has 0 unspecified atom stereocenters. The highest BCUT2D eigenvalue weighted by molar-refractivity contribution is 7.98. The number of aliphatic carboxylic acids is 1. The Morgan fingerprint density at radius 1 is 1.22 bits per heavy atom. The Morgan fingerprint density at radius 2 is 2.00 bits per heavy atom. The van der Waals surface area contributed by atoms with Crippen molar-refractivity contribution < 1.29 is 9.90 Å². The maximum Gasteiger partial charge on any atom is 0.328 e. The molecule has 0 atom stereocenters. The van der Waals surface area contributed by atoms with Crippen molar-refractivity contribution >= 4 is 35.1 Å². The highest BCUT2D eigenvalue weighted by atomic mass is 32.2. The molecule has 1 aromatic carbocycles. The maximum atomic E-state index is 10.4. The largest absolute Gasteiger partial charge is 0.478 e. The summed E-state index contributed by atoms with van der Waals surface area (Å²) >= 11 is 3.40. The Kier molecular flexibility index (Phi) is 4.61. The Hall–Kier alpha value is -1.52. The number of thioether (sulfide) groups is 1. The van der Waals surface area contributed by atoms with Gasteiger partial charge in [0.05, 0.1) is 0 Å². The van der Waals surface area contributed by atoms with Crippen LogP contribution in [-0.2, 0) is 10.5 Å². The topological polar surface area (TPSA) is 37.3 Å². The number of carboxylic acids is 1. The third-order valence-corrected chi connectivity index (χ3v) is 4.49. The van der Waals surface area contributed by atoms with Gasteiger partial charge in [-0.25, -0.2) is 4.79 Å². The van der Waals surface area contributed by atoms with Gasteiger partial charge in [0.25, 0.3) is 0 Å². The van der Waals surface area contributed by atoms with Gasteiger partial charge in [0.1, 0.15) is 0 Å². The summed E-state index contributed by atoms with van der Waals surface area (Å²) in [5.41, 5.74) is 0. The van der Waals surface area contributed by atoms with Crippen LogP contribution in [0.3, 0.4) is 0 Å². The van der Waals surface area contributed by atoms with Gasteiger partial charge >= 0.3 is 5.97 Å². The van der Waals surface area contributed by atoms with Crippen LogP contribution in [0.25, 0.3) is 6.08 Å². The number of thiophene rings is 1. The monoisotopic (exact) mass is 276 g/mol. The van der Waals surface area contributed by atoms with Gasteiger partial charge < -0.3 is 5.11 Å². The molecule has 92 valence electrons. The van der Waals surface area contributed by atoms with Crippen LogP contribution in [0.1, 0.15) is 9.75 Å². The van der Waals surface area contributed by atoms with Gasteiger partial charge in [-0.15, -0.1) is 23.1 Å². The molecule has 0 aliphatic carbocycles. The van der Waals surface area contributed by atoms with Crippen LogP contribution in [0.5, 0.6) is 0 Å². The molecule has 0 aliphatic rings. The molecule has 18 heavy (non-hydrogen) atoms. The molecule has 4 heteroatoms. The normalized spacial score (nSPS) is 10.9. The molecule has 2 aromatic rings. The summed E-state index contributed by atoms with van der Waals surface area (Å²) in [5, 5.41) is 8.55. The van der Waals surface area contributed by atoms with Crippen LogP contribution in [0.2, 0.25) is 0 Å². The first kappa shape index (κ1) is 12.9. The van der Waals surface area contributed by atoms with Gasteiger partial charge in [-0.05, 0) is 30.3 Å². The molecular formula is C14H12O2S2. The summed E-state index contributed by atoms with van der Waals surface area (Å²) in [6.07, 6.45) is 2.80. The quantitative estimate of drug-likeness (QED) is 0.659. The number of hydrogen-bond donors (Lipinski definition) is 1. The minimum absolute atomic E-state index is 0.912. The zero-order valence-corrected chi connectivity index (χ0v) is 11.2. The molecule has 0 saturated heterocycles. The van der Waals surface area contributed by atoms with E-state index in [1.807, 2.05) is 30.3 Å². The van der Waals surface area contributed by atoms with E-state index in [0.717, 1.165) is 10.6 Å². The van der Waals surface area contributed by atoms with Gasteiger partial charge in [-0.1, -0.05) is 18.2 Å². The first-order valence-electron chi connectivity index (χ1n) is 5.41. The number of carbonyl (C=O) groups is 1. The number of carboxylic acid groups (broad SMARTS) is 1. The SMILES string of the molecule is O=C(O)C=Cc1ccc(CSc2ccccc2)s1. The molecule has 2 nitrogen and oxygen atoms in total. The van der Waals surface area contributed by atoms with Crippen LogP contribution >= 0.6 is 23.1 Å². The fourth-order valence-corrected chi connectivity index (χ4v) is 3.26. The second kappa shape index (κ2) is 6.42. The summed E-state index contributed by atoms with van der Waals surface area (Å²) in [4.78, 5) is 13.9. The van der Waals surface area contributed by atoms with Gasteiger partial charge in [0.15, 0.2) is 0 Å². The highest BCUT2D eigenvalue weighted by Crippen LogP contribution is 2.27. The van der Waals surface area contributed by atoms with Crippen molar-refractivity contribution in [2.45, 2.75) is 10.6 Å². The lowest BCUT2D eigenvalue weighted by Crippen LogP contribution is -1.84. The van der Waals surface area contributed by atoms with Crippen LogP contribution in [0.4, 0.5) is 0 Å². The molecule has 0 spiro atoms. The van der Waals surface area contributed by atoms with E-state index < -0.39 is 5.97 Å². The average Bonchev–Trinajstić information content (AvgIpc) is 2.83. The molecule has 0 saturated carbocycles. The minimum Gasteiger partial charge on any atom is -0.478 e. The van der Waals surface area contributed by atoms with Gasteiger partial charge in [-0.2, -0.15) is 0 Å². The van der Waals surface area contributed by atoms with Crippen molar-refractivity contribution in [1.82, 2.24) is 0 Å². The maximum absolute atomic E-state index is 10.4. The second-order valence-electron chi connectivity index (χ2n) is 3.58. The highest BCUT2D eigenvalue weighted by Gasteiger charge is 2.00. The van der Waals surface area contributed by atoms with E-state index in [4.69, 9.17) is 5.11 Å². The molecular weight excluding hydrogens is 264 g/mol. The smallest absolute Gasteiger partial charge is 0.328 e. The van der Waals surface area contributed by atoms with Crippen molar-refractivity contribution in [3.05, 3.63) is 58.3 Å². The van der Waals surface area contributed by atoms with E-state index >= 15 is 0 Å². The third kappa shape index (κ3) is 4.05. The van der Waals surface area contributed by atoms with E-state index in [-0.39, 0.29) is 0 Å². The predicted molar refractivity (Wildman–Crippen MR) is 77.0 cm³/mol.